The first-order valence-corrected chi connectivity index (χ1v) is 17.9. The summed E-state index contributed by atoms with van der Waals surface area (Å²) in [6, 6.07) is 30.6. The molecule has 13 heteroatoms. The van der Waals surface area contributed by atoms with Gasteiger partial charge in [-0.15, -0.1) is 0 Å². The standard InChI is InChI=1S/C41H38N8O3.CO2/c1-5-37-36-23-25-47(41(51)39(36)49(45-37)33-18-20-34(52-4)21-19-33)31-16-10-29(11-17-31)43-42-28-8-14-30(15-9-28)46-24-22-35-27(3)44-48(38(35)40(46)50)32-12-6-26(2)7-13-32;2-1-3/h6-21H,5,22-25H2,1-4H3;. The quantitative estimate of drug-likeness (QED) is 0.147. The predicted octanol–water partition coefficient (Wildman–Crippen LogP) is 7.48. The second kappa shape index (κ2) is 15.6. The van der Waals surface area contributed by atoms with Crippen LogP contribution in [-0.4, -0.2) is 57.7 Å². The second-order valence-electron chi connectivity index (χ2n) is 13.1. The van der Waals surface area contributed by atoms with Crippen LogP contribution in [-0.2, 0) is 28.9 Å². The van der Waals surface area contributed by atoms with Crippen molar-refractivity contribution in [2.75, 3.05) is 30.0 Å². The minimum atomic E-state index is -0.0862. The average molecular weight is 735 g/mol. The number of methoxy groups -OCH3 is 1. The molecule has 13 nitrogen and oxygen atoms in total. The van der Waals surface area contributed by atoms with Gasteiger partial charge in [0.15, 0.2) is 0 Å². The lowest BCUT2D eigenvalue weighted by Crippen LogP contribution is -2.38. The topological polar surface area (TPSA) is 144 Å². The number of hydrogen-bond acceptors (Lipinski definition) is 9. The van der Waals surface area contributed by atoms with Crippen molar-refractivity contribution in [3.63, 3.8) is 0 Å². The summed E-state index contributed by atoms with van der Waals surface area (Å²) < 4.78 is 8.84. The number of nitrogens with zero attached hydrogens (tertiary/aromatic N) is 8. The van der Waals surface area contributed by atoms with E-state index in [2.05, 4.69) is 17.2 Å². The van der Waals surface area contributed by atoms with Crippen LogP contribution in [0.15, 0.2) is 107 Å². The van der Waals surface area contributed by atoms with Crippen LogP contribution in [0.2, 0.25) is 0 Å². The molecular weight excluding hydrogens is 697 g/mol. The fourth-order valence-corrected chi connectivity index (χ4v) is 7.04. The van der Waals surface area contributed by atoms with E-state index in [0.29, 0.717) is 35.9 Å². The van der Waals surface area contributed by atoms with Crippen LogP contribution in [0, 0.1) is 13.8 Å². The maximum atomic E-state index is 13.9. The normalized spacial score (nSPS) is 13.6. The lowest BCUT2D eigenvalue weighted by atomic mass is 10.0. The van der Waals surface area contributed by atoms with Gasteiger partial charge in [-0.1, -0.05) is 24.6 Å². The molecule has 0 radical (unpaired) electrons. The van der Waals surface area contributed by atoms with Crippen molar-refractivity contribution in [1.82, 2.24) is 19.6 Å². The zero-order valence-electron chi connectivity index (χ0n) is 30.9. The van der Waals surface area contributed by atoms with Crippen LogP contribution in [0.1, 0.15) is 56.0 Å². The molecule has 0 fully saturated rings. The molecule has 0 unspecified atom stereocenters. The van der Waals surface area contributed by atoms with Gasteiger partial charge in [0.05, 0.1) is 41.2 Å². The summed E-state index contributed by atoms with van der Waals surface area (Å²) in [6.07, 6.45) is 2.45. The Morgan fingerprint density at radius 2 is 1.07 bits per heavy atom. The minimum absolute atomic E-state index is 0.0729. The number of carbonyl (C=O) groups is 2. The molecule has 2 aliphatic heterocycles. The molecule has 4 aromatic carbocycles. The molecular formula is C42H38N8O5. The van der Waals surface area contributed by atoms with Crippen molar-refractivity contribution >= 4 is 40.7 Å². The van der Waals surface area contributed by atoms with Crippen LogP contribution in [0.3, 0.4) is 0 Å². The van der Waals surface area contributed by atoms with Crippen molar-refractivity contribution in [3.8, 4) is 17.1 Å². The molecule has 0 saturated carbocycles. The average Bonchev–Trinajstić information content (AvgIpc) is 3.77. The van der Waals surface area contributed by atoms with E-state index in [1.165, 1.54) is 0 Å². The summed E-state index contributed by atoms with van der Waals surface area (Å²) in [5, 5.41) is 18.4. The molecule has 2 aliphatic rings. The molecule has 0 spiro atoms. The maximum Gasteiger partial charge on any atom is 0.373 e. The summed E-state index contributed by atoms with van der Waals surface area (Å²) in [6.45, 7) is 7.20. The number of anilines is 2. The smallest absolute Gasteiger partial charge is 0.373 e. The number of amides is 2. The second-order valence-corrected chi connectivity index (χ2v) is 13.1. The van der Waals surface area contributed by atoms with E-state index in [0.717, 1.165) is 75.8 Å². The predicted molar refractivity (Wildman–Crippen MR) is 205 cm³/mol. The summed E-state index contributed by atoms with van der Waals surface area (Å²) >= 11 is 0. The van der Waals surface area contributed by atoms with E-state index in [-0.39, 0.29) is 18.0 Å². The molecule has 6 aromatic rings. The van der Waals surface area contributed by atoms with Gasteiger partial charge in [0, 0.05) is 35.6 Å². The van der Waals surface area contributed by atoms with Crippen molar-refractivity contribution in [2.45, 2.75) is 40.0 Å². The highest BCUT2D eigenvalue weighted by Crippen LogP contribution is 2.32. The molecule has 276 valence electrons. The third-order valence-corrected chi connectivity index (χ3v) is 9.85. The largest absolute Gasteiger partial charge is 0.497 e. The monoisotopic (exact) mass is 734 g/mol. The minimum Gasteiger partial charge on any atom is -0.497 e. The van der Waals surface area contributed by atoms with Gasteiger partial charge in [0.2, 0.25) is 0 Å². The highest BCUT2D eigenvalue weighted by atomic mass is 16.5. The number of hydrogen-bond donors (Lipinski definition) is 0. The van der Waals surface area contributed by atoms with Gasteiger partial charge in [0.1, 0.15) is 17.1 Å². The van der Waals surface area contributed by atoms with Crippen LogP contribution >= 0.6 is 0 Å². The molecule has 0 saturated heterocycles. The van der Waals surface area contributed by atoms with Gasteiger partial charge < -0.3 is 14.5 Å². The van der Waals surface area contributed by atoms with E-state index in [9.17, 15) is 9.59 Å². The summed E-state index contributed by atoms with van der Waals surface area (Å²) in [7, 11) is 1.63. The Balaban J connectivity index is 0.00000150. The molecule has 2 aromatic heterocycles. The van der Waals surface area contributed by atoms with E-state index in [4.69, 9.17) is 24.5 Å². The zero-order valence-corrected chi connectivity index (χ0v) is 30.9. The lowest BCUT2D eigenvalue weighted by molar-refractivity contribution is -0.191. The number of rotatable bonds is 8. The SMILES string of the molecule is CCc1nn(-c2ccc(OC)cc2)c2c1CCN(c1ccc(N=Nc3ccc(N4CCc5c(C)nn(-c6ccc(C)cc6)c5C4=O)cc3)cc1)C2=O.O=C=O. The highest BCUT2D eigenvalue weighted by molar-refractivity contribution is 6.08. The molecule has 2 amide bonds. The third kappa shape index (κ3) is 7.08. The number of aromatic nitrogens is 4. The van der Waals surface area contributed by atoms with Gasteiger partial charge >= 0.3 is 6.15 Å². The Kier molecular flexibility index (Phi) is 10.3. The zero-order chi connectivity index (χ0) is 38.6. The van der Waals surface area contributed by atoms with Gasteiger partial charge in [-0.2, -0.15) is 30.0 Å². The van der Waals surface area contributed by atoms with Crippen molar-refractivity contribution in [2.24, 2.45) is 10.2 Å². The number of aryl methyl sites for hydroxylation is 3. The lowest BCUT2D eigenvalue weighted by Gasteiger charge is -2.28. The van der Waals surface area contributed by atoms with Crippen molar-refractivity contribution in [3.05, 3.63) is 137 Å². The molecule has 0 atom stereocenters. The molecule has 0 N–H and O–H groups in total. The van der Waals surface area contributed by atoms with Crippen LogP contribution in [0.4, 0.5) is 22.7 Å². The van der Waals surface area contributed by atoms with Gasteiger partial charge in [0.25, 0.3) is 11.8 Å². The molecule has 0 aliphatic carbocycles. The Bertz CT molecular complexity index is 2420. The summed E-state index contributed by atoms with van der Waals surface area (Å²) in [5.74, 6) is 0.585. The van der Waals surface area contributed by atoms with Crippen LogP contribution < -0.4 is 14.5 Å². The first-order valence-electron chi connectivity index (χ1n) is 17.9. The molecule has 8 rings (SSSR count). The number of fused-ring (bicyclic) bond motifs is 2. The number of benzene rings is 4. The highest BCUT2D eigenvalue weighted by Gasteiger charge is 2.34. The first kappa shape index (κ1) is 36.4. The van der Waals surface area contributed by atoms with Crippen LogP contribution in [0.25, 0.3) is 11.4 Å². The Morgan fingerprint density at radius 3 is 1.56 bits per heavy atom. The Hall–Kier alpha value is -6.98. The van der Waals surface area contributed by atoms with E-state index in [1.807, 2.05) is 111 Å². The van der Waals surface area contributed by atoms with E-state index < -0.39 is 0 Å². The number of ether oxygens (including phenoxy) is 1. The Morgan fingerprint density at radius 1 is 0.636 bits per heavy atom. The maximum absolute atomic E-state index is 13.9. The van der Waals surface area contributed by atoms with Gasteiger partial charge in [-0.25, -0.2) is 9.36 Å². The Labute approximate surface area is 317 Å². The van der Waals surface area contributed by atoms with Crippen LogP contribution in [0.5, 0.6) is 5.75 Å². The summed E-state index contributed by atoms with van der Waals surface area (Å²) in [5.41, 5.74) is 10.8. The molecule has 0 bridgehead atoms. The number of azo groups is 1. The van der Waals surface area contributed by atoms with Crippen molar-refractivity contribution in [1.29, 1.82) is 0 Å². The van der Waals surface area contributed by atoms with Gasteiger partial charge in [-0.3, -0.25) is 9.59 Å². The third-order valence-electron chi connectivity index (χ3n) is 9.85. The van der Waals surface area contributed by atoms with Gasteiger partial charge in [-0.05, 0) is 118 Å². The first-order chi connectivity index (χ1) is 26.7. The molecule has 55 heavy (non-hydrogen) atoms. The van der Waals surface area contributed by atoms with E-state index in [1.54, 1.807) is 26.3 Å². The molecule has 4 heterocycles. The summed E-state index contributed by atoms with van der Waals surface area (Å²) in [4.78, 5) is 47.6. The fourth-order valence-electron chi connectivity index (χ4n) is 7.04. The van der Waals surface area contributed by atoms with E-state index >= 15 is 0 Å². The number of carbonyl (C=O) groups excluding carboxylic acids is 4. The van der Waals surface area contributed by atoms with Crippen molar-refractivity contribution < 1.29 is 23.9 Å². The fraction of sp³-hybridized carbons (Fsp3) is 0.214.